The average molecular weight is 287 g/mol. The van der Waals surface area contributed by atoms with Gasteiger partial charge in [0.15, 0.2) is 0 Å². The highest BCUT2D eigenvalue weighted by molar-refractivity contribution is 6.17. The van der Waals surface area contributed by atoms with Crippen molar-refractivity contribution in [3.63, 3.8) is 0 Å². The number of alkyl halides is 1. The maximum absolute atomic E-state index is 12.0. The van der Waals surface area contributed by atoms with Crippen molar-refractivity contribution in [3.05, 3.63) is 0 Å². The van der Waals surface area contributed by atoms with Gasteiger partial charge in [0.25, 0.3) is 0 Å². The first kappa shape index (κ1) is 15.1. The summed E-state index contributed by atoms with van der Waals surface area (Å²) < 4.78 is 0. The van der Waals surface area contributed by atoms with Gasteiger partial charge in [-0.1, -0.05) is 6.42 Å². The van der Waals surface area contributed by atoms with Gasteiger partial charge in [0, 0.05) is 31.4 Å². The highest BCUT2D eigenvalue weighted by atomic mass is 35.5. The number of rotatable bonds is 5. The summed E-state index contributed by atoms with van der Waals surface area (Å²) in [6.07, 6.45) is 9.03. The number of piperidine rings is 2. The zero-order valence-electron chi connectivity index (χ0n) is 12.0. The Morgan fingerprint density at radius 2 is 1.68 bits per heavy atom. The van der Waals surface area contributed by atoms with Gasteiger partial charge >= 0.3 is 0 Å². The van der Waals surface area contributed by atoms with E-state index in [0.717, 1.165) is 32.0 Å². The van der Waals surface area contributed by atoms with Crippen molar-refractivity contribution >= 4 is 17.5 Å². The molecule has 1 amide bonds. The first-order chi connectivity index (χ1) is 9.31. The van der Waals surface area contributed by atoms with Gasteiger partial charge in [-0.3, -0.25) is 4.79 Å². The molecule has 110 valence electrons. The Hall–Kier alpha value is -0.280. The molecule has 0 aromatic carbocycles. The third-order valence-corrected chi connectivity index (χ3v) is 4.77. The van der Waals surface area contributed by atoms with Crippen LogP contribution in [0.5, 0.6) is 0 Å². The molecule has 3 nitrogen and oxygen atoms in total. The van der Waals surface area contributed by atoms with Crippen molar-refractivity contribution in [2.24, 2.45) is 0 Å². The predicted octanol–water partition coefficient (Wildman–Crippen LogP) is 2.87. The standard InChI is InChI=1S/C15H27ClN2O/c16-9-3-2-6-15(19)18-12-7-14(8-13-18)17-10-4-1-5-11-17/h14H,1-13H2. The smallest absolute Gasteiger partial charge is 0.222 e. The van der Waals surface area contributed by atoms with Crippen LogP contribution in [0.1, 0.15) is 51.4 Å². The number of carbonyl (C=O) groups is 1. The molecule has 2 saturated heterocycles. The number of unbranched alkanes of at least 4 members (excludes halogenated alkanes) is 1. The van der Waals surface area contributed by atoms with Crippen LogP contribution in [0.4, 0.5) is 0 Å². The topological polar surface area (TPSA) is 23.6 Å². The highest BCUT2D eigenvalue weighted by Gasteiger charge is 2.27. The van der Waals surface area contributed by atoms with E-state index in [-0.39, 0.29) is 0 Å². The normalized spacial score (nSPS) is 22.7. The fourth-order valence-electron chi connectivity index (χ4n) is 3.29. The first-order valence-electron chi connectivity index (χ1n) is 7.89. The van der Waals surface area contributed by atoms with Gasteiger partial charge in [-0.05, 0) is 51.6 Å². The van der Waals surface area contributed by atoms with Crippen LogP contribution in [0.15, 0.2) is 0 Å². The van der Waals surface area contributed by atoms with E-state index in [2.05, 4.69) is 9.80 Å². The number of likely N-dealkylation sites (tertiary alicyclic amines) is 2. The Morgan fingerprint density at radius 3 is 2.32 bits per heavy atom. The number of carbonyl (C=O) groups excluding carboxylic acids is 1. The Labute approximate surface area is 122 Å². The second-order valence-corrected chi connectivity index (χ2v) is 6.23. The second-order valence-electron chi connectivity index (χ2n) is 5.85. The number of nitrogens with zero attached hydrogens (tertiary/aromatic N) is 2. The minimum atomic E-state index is 0.335. The molecule has 0 bridgehead atoms. The van der Waals surface area contributed by atoms with Gasteiger partial charge in [-0.15, -0.1) is 11.6 Å². The maximum atomic E-state index is 12.0. The van der Waals surface area contributed by atoms with Crippen molar-refractivity contribution < 1.29 is 4.79 Å². The number of halogens is 1. The van der Waals surface area contributed by atoms with Crippen LogP contribution in [0, 0.1) is 0 Å². The molecule has 19 heavy (non-hydrogen) atoms. The summed E-state index contributed by atoms with van der Waals surface area (Å²) in [6, 6.07) is 0.729. The summed E-state index contributed by atoms with van der Waals surface area (Å²) in [6.45, 7) is 4.46. The molecule has 0 spiro atoms. The van der Waals surface area contributed by atoms with E-state index in [0.29, 0.717) is 18.2 Å². The molecule has 0 saturated carbocycles. The van der Waals surface area contributed by atoms with Crippen LogP contribution < -0.4 is 0 Å². The van der Waals surface area contributed by atoms with E-state index in [1.54, 1.807) is 0 Å². The van der Waals surface area contributed by atoms with Gasteiger partial charge < -0.3 is 9.80 Å². The first-order valence-corrected chi connectivity index (χ1v) is 8.42. The van der Waals surface area contributed by atoms with Gasteiger partial charge in [0.05, 0.1) is 0 Å². The summed E-state index contributed by atoms with van der Waals surface area (Å²) in [5.41, 5.74) is 0. The SMILES string of the molecule is O=C(CCCCCl)N1CCC(N2CCCCC2)CC1. The predicted molar refractivity (Wildman–Crippen MR) is 79.6 cm³/mol. The molecule has 0 aliphatic carbocycles. The fraction of sp³-hybridized carbons (Fsp3) is 0.933. The molecular weight excluding hydrogens is 260 g/mol. The van der Waals surface area contributed by atoms with Crippen LogP contribution in [-0.2, 0) is 4.79 Å². The molecule has 0 atom stereocenters. The summed E-state index contributed by atoms with van der Waals surface area (Å²) in [4.78, 5) is 16.7. The Kier molecular flexibility index (Phi) is 6.45. The average Bonchev–Trinajstić information content (AvgIpc) is 2.48. The lowest BCUT2D eigenvalue weighted by Gasteiger charge is -2.40. The van der Waals surface area contributed by atoms with Crippen molar-refractivity contribution in [1.82, 2.24) is 9.80 Å². The molecule has 0 aromatic heterocycles. The minimum Gasteiger partial charge on any atom is -0.343 e. The van der Waals surface area contributed by atoms with Crippen molar-refractivity contribution in [2.75, 3.05) is 32.1 Å². The van der Waals surface area contributed by atoms with E-state index in [1.807, 2.05) is 0 Å². The van der Waals surface area contributed by atoms with Crippen molar-refractivity contribution in [2.45, 2.75) is 57.4 Å². The van der Waals surface area contributed by atoms with Gasteiger partial charge in [-0.25, -0.2) is 0 Å². The maximum Gasteiger partial charge on any atom is 0.222 e. The van der Waals surface area contributed by atoms with E-state index < -0.39 is 0 Å². The third kappa shape index (κ3) is 4.64. The summed E-state index contributed by atoms with van der Waals surface area (Å²) >= 11 is 5.65. The lowest BCUT2D eigenvalue weighted by atomic mass is 9.99. The summed E-state index contributed by atoms with van der Waals surface area (Å²) in [7, 11) is 0. The van der Waals surface area contributed by atoms with Crippen molar-refractivity contribution in [1.29, 1.82) is 0 Å². The van der Waals surface area contributed by atoms with E-state index >= 15 is 0 Å². The zero-order chi connectivity index (χ0) is 13.5. The molecule has 2 fully saturated rings. The molecule has 0 aromatic rings. The van der Waals surface area contributed by atoms with Gasteiger partial charge in [0.2, 0.25) is 5.91 Å². The molecular formula is C15H27ClN2O. The van der Waals surface area contributed by atoms with E-state index in [9.17, 15) is 4.79 Å². The van der Waals surface area contributed by atoms with Crippen LogP contribution >= 0.6 is 11.6 Å². The van der Waals surface area contributed by atoms with Crippen LogP contribution in [0.2, 0.25) is 0 Å². The summed E-state index contributed by atoms with van der Waals surface area (Å²) in [5, 5.41) is 0. The second kappa shape index (κ2) is 8.11. The molecule has 2 aliphatic heterocycles. The molecule has 0 N–H and O–H groups in total. The van der Waals surface area contributed by atoms with Crippen LogP contribution in [-0.4, -0.2) is 53.8 Å². The molecule has 0 unspecified atom stereocenters. The van der Waals surface area contributed by atoms with Gasteiger partial charge in [-0.2, -0.15) is 0 Å². The van der Waals surface area contributed by atoms with Crippen molar-refractivity contribution in [3.8, 4) is 0 Å². The quantitative estimate of drug-likeness (QED) is 0.573. The van der Waals surface area contributed by atoms with Crippen LogP contribution in [0.25, 0.3) is 0 Å². The zero-order valence-corrected chi connectivity index (χ0v) is 12.7. The Balaban J connectivity index is 1.68. The molecule has 2 rings (SSSR count). The fourth-order valence-corrected chi connectivity index (χ4v) is 3.48. The van der Waals surface area contributed by atoms with Gasteiger partial charge in [0.1, 0.15) is 0 Å². The monoisotopic (exact) mass is 286 g/mol. The molecule has 4 heteroatoms. The highest BCUT2D eigenvalue weighted by Crippen LogP contribution is 2.21. The van der Waals surface area contributed by atoms with E-state index in [1.165, 1.54) is 45.2 Å². The van der Waals surface area contributed by atoms with Crippen LogP contribution in [0.3, 0.4) is 0 Å². The molecule has 2 heterocycles. The molecule has 0 radical (unpaired) electrons. The Bertz CT molecular complexity index is 271. The number of hydrogen-bond donors (Lipinski definition) is 0. The lowest BCUT2D eigenvalue weighted by Crippen LogP contribution is -2.48. The third-order valence-electron chi connectivity index (χ3n) is 4.50. The minimum absolute atomic E-state index is 0.335. The Morgan fingerprint density at radius 1 is 1.00 bits per heavy atom. The lowest BCUT2D eigenvalue weighted by molar-refractivity contribution is -0.132. The number of amides is 1. The number of hydrogen-bond acceptors (Lipinski definition) is 2. The summed E-state index contributed by atoms with van der Waals surface area (Å²) in [5.74, 6) is 1.01. The van der Waals surface area contributed by atoms with E-state index in [4.69, 9.17) is 11.6 Å². The largest absolute Gasteiger partial charge is 0.343 e. The molecule has 2 aliphatic rings.